The van der Waals surface area contributed by atoms with Crippen LogP contribution in [0.2, 0.25) is 0 Å². The van der Waals surface area contributed by atoms with Gasteiger partial charge in [-0.3, -0.25) is 0 Å². The summed E-state index contributed by atoms with van der Waals surface area (Å²) < 4.78 is 6.06. The number of hydrogen-bond donors (Lipinski definition) is 1. The lowest BCUT2D eigenvalue weighted by Crippen LogP contribution is -2.29. The number of cyclic esters (lactones) is 1. The van der Waals surface area contributed by atoms with Gasteiger partial charge in [-0.1, -0.05) is 58.4 Å². The Morgan fingerprint density at radius 3 is 2.41 bits per heavy atom. The molecule has 112 valence electrons. The molecule has 1 saturated heterocycles. The number of halogens is 1. The van der Waals surface area contributed by atoms with Crippen LogP contribution in [0.15, 0.2) is 64.6 Å². The van der Waals surface area contributed by atoms with Gasteiger partial charge in [-0.2, -0.15) is 0 Å². The minimum atomic E-state index is -1.42. The van der Waals surface area contributed by atoms with Crippen molar-refractivity contribution in [2.24, 2.45) is 0 Å². The number of aliphatic hydroxyl groups is 1. The maximum Gasteiger partial charge on any atom is 0.337 e. The fourth-order valence-corrected chi connectivity index (χ4v) is 3.00. The molecule has 0 aliphatic carbocycles. The van der Waals surface area contributed by atoms with Gasteiger partial charge in [0.05, 0.1) is 5.57 Å². The van der Waals surface area contributed by atoms with Crippen LogP contribution in [0.5, 0.6) is 0 Å². The molecule has 0 amide bonds. The molecule has 0 bridgehead atoms. The Morgan fingerprint density at radius 2 is 1.77 bits per heavy atom. The summed E-state index contributed by atoms with van der Waals surface area (Å²) in [5, 5.41) is 11.1. The molecule has 1 unspecified atom stereocenters. The third kappa shape index (κ3) is 2.49. The van der Waals surface area contributed by atoms with Gasteiger partial charge in [0.1, 0.15) is 6.61 Å². The van der Waals surface area contributed by atoms with Crippen molar-refractivity contribution >= 4 is 27.5 Å². The highest BCUT2D eigenvalue weighted by Crippen LogP contribution is 2.40. The van der Waals surface area contributed by atoms with Gasteiger partial charge in [0.15, 0.2) is 5.60 Å². The summed E-state index contributed by atoms with van der Waals surface area (Å²) in [7, 11) is 0. The van der Waals surface area contributed by atoms with Crippen LogP contribution in [0.4, 0.5) is 0 Å². The molecule has 3 rings (SSSR count). The Morgan fingerprint density at radius 1 is 1.14 bits per heavy atom. The number of esters is 1. The van der Waals surface area contributed by atoms with E-state index in [1.54, 1.807) is 12.1 Å². The molecule has 1 aliphatic heterocycles. The Bertz CT molecular complexity index is 735. The SMILES string of the molecule is C/C(=C1\C(=O)OCC1(O)c1ccc(Br)cc1)c1ccccc1. The maximum absolute atomic E-state index is 12.2. The smallest absolute Gasteiger partial charge is 0.337 e. The lowest BCUT2D eigenvalue weighted by molar-refractivity contribution is -0.135. The summed E-state index contributed by atoms with van der Waals surface area (Å²) in [6.45, 7) is 1.77. The molecule has 0 spiro atoms. The molecular formula is C18H15BrO3. The predicted molar refractivity (Wildman–Crippen MR) is 88.0 cm³/mol. The van der Waals surface area contributed by atoms with E-state index in [9.17, 15) is 9.90 Å². The van der Waals surface area contributed by atoms with Crippen LogP contribution < -0.4 is 0 Å². The number of carbonyl (C=O) groups excluding carboxylic acids is 1. The minimum Gasteiger partial charge on any atom is -0.458 e. The fraction of sp³-hybridized carbons (Fsp3) is 0.167. The van der Waals surface area contributed by atoms with E-state index in [1.807, 2.05) is 49.4 Å². The molecule has 1 heterocycles. The first-order chi connectivity index (χ1) is 10.5. The first kappa shape index (κ1) is 15.0. The first-order valence-corrected chi connectivity index (χ1v) is 7.74. The van der Waals surface area contributed by atoms with Gasteiger partial charge in [-0.15, -0.1) is 0 Å². The Hall–Kier alpha value is -1.91. The van der Waals surface area contributed by atoms with Crippen LogP contribution in [0.25, 0.3) is 5.57 Å². The zero-order valence-corrected chi connectivity index (χ0v) is 13.6. The lowest BCUT2D eigenvalue weighted by atomic mass is 9.84. The van der Waals surface area contributed by atoms with Gasteiger partial charge < -0.3 is 9.84 Å². The van der Waals surface area contributed by atoms with Gasteiger partial charge in [0.25, 0.3) is 0 Å². The number of hydrogen-bond acceptors (Lipinski definition) is 3. The second-order valence-corrected chi connectivity index (χ2v) is 6.23. The van der Waals surface area contributed by atoms with E-state index >= 15 is 0 Å². The summed E-state index contributed by atoms with van der Waals surface area (Å²) in [6, 6.07) is 16.8. The Kier molecular flexibility index (Phi) is 3.89. The third-order valence-corrected chi connectivity index (χ3v) is 4.46. The number of carbonyl (C=O) groups is 1. The Labute approximate surface area is 137 Å². The topological polar surface area (TPSA) is 46.5 Å². The van der Waals surface area contributed by atoms with Crippen LogP contribution in [0, 0.1) is 0 Å². The number of ether oxygens (including phenoxy) is 1. The highest BCUT2D eigenvalue weighted by Gasteiger charge is 2.47. The lowest BCUT2D eigenvalue weighted by Gasteiger charge is -2.23. The van der Waals surface area contributed by atoms with Gasteiger partial charge in [0, 0.05) is 4.47 Å². The molecule has 1 aliphatic rings. The minimum absolute atomic E-state index is 0.0625. The fourth-order valence-electron chi connectivity index (χ4n) is 2.73. The molecule has 1 fully saturated rings. The van der Waals surface area contributed by atoms with Gasteiger partial charge in [-0.05, 0) is 35.8 Å². The van der Waals surface area contributed by atoms with Crippen molar-refractivity contribution in [2.75, 3.05) is 6.61 Å². The summed E-state index contributed by atoms with van der Waals surface area (Å²) in [5.41, 5.74) is 1.16. The molecule has 0 saturated carbocycles. The van der Waals surface area contributed by atoms with Crippen molar-refractivity contribution in [2.45, 2.75) is 12.5 Å². The first-order valence-electron chi connectivity index (χ1n) is 6.95. The van der Waals surface area contributed by atoms with Gasteiger partial charge in [0.2, 0.25) is 0 Å². The quantitative estimate of drug-likeness (QED) is 0.658. The molecule has 2 aromatic rings. The molecule has 22 heavy (non-hydrogen) atoms. The predicted octanol–water partition coefficient (Wildman–Crippen LogP) is 3.67. The van der Waals surface area contributed by atoms with Gasteiger partial charge >= 0.3 is 5.97 Å². The summed E-state index contributed by atoms with van der Waals surface area (Å²) in [6.07, 6.45) is 0. The van der Waals surface area contributed by atoms with E-state index in [0.29, 0.717) is 11.1 Å². The molecular weight excluding hydrogens is 344 g/mol. The van der Waals surface area contributed by atoms with E-state index < -0.39 is 11.6 Å². The van der Waals surface area contributed by atoms with Crippen molar-refractivity contribution in [1.82, 2.24) is 0 Å². The van der Waals surface area contributed by atoms with Crippen LogP contribution in [-0.2, 0) is 15.1 Å². The van der Waals surface area contributed by atoms with Crippen LogP contribution >= 0.6 is 15.9 Å². The Balaban J connectivity index is 2.15. The third-order valence-electron chi connectivity index (χ3n) is 3.93. The highest BCUT2D eigenvalue weighted by molar-refractivity contribution is 9.10. The number of rotatable bonds is 2. The van der Waals surface area contributed by atoms with Crippen molar-refractivity contribution in [3.05, 3.63) is 75.8 Å². The molecule has 1 N–H and O–H groups in total. The molecule has 0 aromatic heterocycles. The highest BCUT2D eigenvalue weighted by atomic mass is 79.9. The largest absolute Gasteiger partial charge is 0.458 e. The molecule has 2 aromatic carbocycles. The monoisotopic (exact) mass is 358 g/mol. The van der Waals surface area contributed by atoms with Crippen molar-refractivity contribution in [3.8, 4) is 0 Å². The number of allylic oxidation sites excluding steroid dienone is 1. The normalized spacial score (nSPS) is 23.3. The van der Waals surface area contributed by atoms with E-state index in [0.717, 1.165) is 15.6 Å². The zero-order valence-electron chi connectivity index (χ0n) is 12.0. The van der Waals surface area contributed by atoms with E-state index in [1.165, 1.54) is 0 Å². The molecule has 3 nitrogen and oxygen atoms in total. The molecule has 0 radical (unpaired) electrons. The van der Waals surface area contributed by atoms with Crippen LogP contribution in [0.1, 0.15) is 18.1 Å². The average Bonchev–Trinajstić information content (AvgIpc) is 2.84. The van der Waals surface area contributed by atoms with E-state index in [-0.39, 0.29) is 6.61 Å². The number of benzene rings is 2. The van der Waals surface area contributed by atoms with Crippen molar-refractivity contribution < 1.29 is 14.6 Å². The van der Waals surface area contributed by atoms with E-state index in [2.05, 4.69) is 15.9 Å². The average molecular weight is 359 g/mol. The van der Waals surface area contributed by atoms with Crippen LogP contribution in [-0.4, -0.2) is 17.7 Å². The summed E-state index contributed by atoms with van der Waals surface area (Å²) in [5.74, 6) is -0.466. The second-order valence-electron chi connectivity index (χ2n) is 5.31. The molecule has 4 heteroatoms. The second kappa shape index (κ2) is 5.71. The van der Waals surface area contributed by atoms with Crippen molar-refractivity contribution in [3.63, 3.8) is 0 Å². The molecule has 1 atom stereocenters. The summed E-state index contributed by atoms with van der Waals surface area (Å²) in [4.78, 5) is 12.2. The zero-order chi connectivity index (χ0) is 15.7. The van der Waals surface area contributed by atoms with Crippen molar-refractivity contribution in [1.29, 1.82) is 0 Å². The van der Waals surface area contributed by atoms with Crippen LogP contribution in [0.3, 0.4) is 0 Å². The summed E-state index contributed by atoms with van der Waals surface area (Å²) >= 11 is 3.37. The van der Waals surface area contributed by atoms with Gasteiger partial charge in [-0.25, -0.2) is 4.79 Å². The standard InChI is InChI=1S/C18H15BrO3/c1-12(13-5-3-2-4-6-13)16-17(20)22-11-18(16,21)14-7-9-15(19)10-8-14/h2-10,21H,11H2,1H3/b16-12-. The maximum atomic E-state index is 12.2. The van der Waals surface area contributed by atoms with E-state index in [4.69, 9.17) is 4.74 Å².